The molecule has 3 nitrogen and oxygen atoms in total. The molecule has 0 saturated carbocycles. The third-order valence-corrected chi connectivity index (χ3v) is 2.18. The summed E-state index contributed by atoms with van der Waals surface area (Å²) in [6.07, 6.45) is -4.19. The summed E-state index contributed by atoms with van der Waals surface area (Å²) in [5, 5.41) is 0. The smallest absolute Gasteiger partial charge is 0.280 e. The summed E-state index contributed by atoms with van der Waals surface area (Å²) in [6.45, 7) is 0. The van der Waals surface area contributed by atoms with E-state index in [1.165, 1.54) is 4.72 Å². The van der Waals surface area contributed by atoms with Gasteiger partial charge in [-0.05, 0) is 12.1 Å². The summed E-state index contributed by atoms with van der Waals surface area (Å²) in [5.74, 6) is -1.28. The molecule has 1 rings (SSSR count). The molecule has 0 spiro atoms. The molecule has 0 radical (unpaired) electrons. The van der Waals surface area contributed by atoms with Crippen LogP contribution < -0.4 is 4.72 Å². The molecule has 16 heavy (non-hydrogen) atoms. The van der Waals surface area contributed by atoms with Gasteiger partial charge < -0.3 is 0 Å². The average Bonchev–Trinajstić information content (AvgIpc) is 2.04. The number of rotatable bonds is 2. The molecule has 0 aliphatic carbocycles. The van der Waals surface area contributed by atoms with Crippen LogP contribution in [-0.4, -0.2) is 14.7 Å². The SMILES string of the molecule is CS(=O)(=O)Nc1c(F)cccc1C(F)(F)F. The van der Waals surface area contributed by atoms with Gasteiger partial charge in [-0.25, -0.2) is 12.8 Å². The molecule has 0 amide bonds. The first-order valence-electron chi connectivity index (χ1n) is 3.95. The predicted octanol–water partition coefficient (Wildman–Crippen LogP) is 2.22. The van der Waals surface area contributed by atoms with Crippen LogP contribution in [0.2, 0.25) is 0 Å². The summed E-state index contributed by atoms with van der Waals surface area (Å²) < 4.78 is 73.4. The van der Waals surface area contributed by atoms with Crippen molar-refractivity contribution in [3.05, 3.63) is 29.6 Å². The topological polar surface area (TPSA) is 46.2 Å². The number of benzene rings is 1. The first-order chi connectivity index (χ1) is 7.11. The van der Waals surface area contributed by atoms with Gasteiger partial charge in [-0.1, -0.05) is 6.07 Å². The molecule has 90 valence electrons. The highest BCUT2D eigenvalue weighted by Crippen LogP contribution is 2.36. The van der Waals surface area contributed by atoms with Crippen molar-refractivity contribution in [3.63, 3.8) is 0 Å². The lowest BCUT2D eigenvalue weighted by atomic mass is 10.1. The van der Waals surface area contributed by atoms with E-state index in [4.69, 9.17) is 0 Å². The van der Waals surface area contributed by atoms with E-state index in [-0.39, 0.29) is 0 Å². The normalized spacial score (nSPS) is 12.6. The molecular formula is C8H7F4NO2S. The number of para-hydroxylation sites is 1. The van der Waals surface area contributed by atoms with Crippen molar-refractivity contribution < 1.29 is 26.0 Å². The molecule has 0 bridgehead atoms. The van der Waals surface area contributed by atoms with Crippen molar-refractivity contribution in [2.45, 2.75) is 6.18 Å². The summed E-state index contributed by atoms with van der Waals surface area (Å²) in [4.78, 5) is 0. The number of hydrogen-bond donors (Lipinski definition) is 1. The zero-order chi connectivity index (χ0) is 12.6. The van der Waals surface area contributed by atoms with Gasteiger partial charge in [0.2, 0.25) is 10.0 Å². The molecular weight excluding hydrogens is 250 g/mol. The quantitative estimate of drug-likeness (QED) is 0.826. The number of sulfonamides is 1. The fourth-order valence-corrected chi connectivity index (χ4v) is 1.63. The van der Waals surface area contributed by atoms with Crippen molar-refractivity contribution in [2.24, 2.45) is 0 Å². The summed E-state index contributed by atoms with van der Waals surface area (Å²) in [5.41, 5.74) is -2.45. The molecule has 1 aromatic rings. The minimum atomic E-state index is -4.82. The zero-order valence-electron chi connectivity index (χ0n) is 7.97. The van der Waals surface area contributed by atoms with Crippen LogP contribution >= 0.6 is 0 Å². The molecule has 0 fully saturated rings. The maximum atomic E-state index is 13.1. The van der Waals surface area contributed by atoms with E-state index < -0.39 is 33.3 Å². The molecule has 0 saturated heterocycles. The van der Waals surface area contributed by atoms with E-state index in [1.54, 1.807) is 0 Å². The Morgan fingerprint density at radius 2 is 1.81 bits per heavy atom. The first kappa shape index (κ1) is 12.8. The lowest BCUT2D eigenvalue weighted by molar-refractivity contribution is -0.137. The van der Waals surface area contributed by atoms with E-state index in [0.29, 0.717) is 12.3 Å². The monoisotopic (exact) mass is 257 g/mol. The summed E-state index contributed by atoms with van der Waals surface area (Å²) in [6, 6.07) is 2.19. The Kier molecular flexibility index (Phi) is 3.13. The van der Waals surface area contributed by atoms with Gasteiger partial charge in [-0.2, -0.15) is 13.2 Å². The largest absolute Gasteiger partial charge is 0.418 e. The van der Waals surface area contributed by atoms with E-state index in [9.17, 15) is 26.0 Å². The van der Waals surface area contributed by atoms with Gasteiger partial charge in [0, 0.05) is 0 Å². The summed E-state index contributed by atoms with van der Waals surface area (Å²) in [7, 11) is -3.97. The third kappa shape index (κ3) is 3.09. The maximum absolute atomic E-state index is 13.1. The lowest BCUT2D eigenvalue weighted by Crippen LogP contribution is -2.16. The standard InChI is InChI=1S/C8H7F4NO2S/c1-16(14,15)13-7-5(8(10,11)12)3-2-4-6(7)9/h2-4,13H,1H3. The van der Waals surface area contributed by atoms with Crippen molar-refractivity contribution in [1.29, 1.82) is 0 Å². The van der Waals surface area contributed by atoms with Crippen LogP contribution in [0.4, 0.5) is 23.2 Å². The van der Waals surface area contributed by atoms with Gasteiger partial charge in [-0.15, -0.1) is 0 Å². The Labute approximate surface area is 89.1 Å². The highest BCUT2D eigenvalue weighted by molar-refractivity contribution is 7.92. The molecule has 0 aliphatic heterocycles. The van der Waals surface area contributed by atoms with Gasteiger partial charge in [-0.3, -0.25) is 4.72 Å². The second kappa shape index (κ2) is 3.93. The first-order valence-corrected chi connectivity index (χ1v) is 5.84. The van der Waals surface area contributed by atoms with Crippen molar-refractivity contribution in [2.75, 3.05) is 11.0 Å². The number of hydrogen-bond acceptors (Lipinski definition) is 2. The number of anilines is 1. The molecule has 0 atom stereocenters. The molecule has 1 N–H and O–H groups in total. The number of alkyl halides is 3. The van der Waals surface area contributed by atoms with Gasteiger partial charge in [0.25, 0.3) is 0 Å². The Balaban J connectivity index is 3.36. The molecule has 0 heterocycles. The Morgan fingerprint density at radius 3 is 2.25 bits per heavy atom. The van der Waals surface area contributed by atoms with E-state index in [2.05, 4.69) is 0 Å². The number of nitrogens with one attached hydrogen (secondary N) is 1. The van der Waals surface area contributed by atoms with Crippen LogP contribution in [0.5, 0.6) is 0 Å². The van der Waals surface area contributed by atoms with Crippen molar-refractivity contribution >= 4 is 15.7 Å². The van der Waals surface area contributed by atoms with E-state index >= 15 is 0 Å². The highest BCUT2D eigenvalue weighted by atomic mass is 32.2. The molecule has 1 aromatic carbocycles. The highest BCUT2D eigenvalue weighted by Gasteiger charge is 2.35. The second-order valence-electron chi connectivity index (χ2n) is 3.03. The van der Waals surface area contributed by atoms with Gasteiger partial charge in [0.05, 0.1) is 17.5 Å². The Hall–Kier alpha value is -1.31. The van der Waals surface area contributed by atoms with E-state index in [0.717, 1.165) is 12.1 Å². The minimum absolute atomic E-state index is 0.594. The fourth-order valence-electron chi connectivity index (χ4n) is 1.05. The summed E-state index contributed by atoms with van der Waals surface area (Å²) >= 11 is 0. The maximum Gasteiger partial charge on any atom is 0.418 e. The minimum Gasteiger partial charge on any atom is -0.280 e. The van der Waals surface area contributed by atoms with Crippen LogP contribution in [0.25, 0.3) is 0 Å². The lowest BCUT2D eigenvalue weighted by Gasteiger charge is -2.13. The average molecular weight is 257 g/mol. The van der Waals surface area contributed by atoms with Crippen LogP contribution in [0.15, 0.2) is 18.2 Å². The van der Waals surface area contributed by atoms with Crippen LogP contribution in [0.3, 0.4) is 0 Å². The molecule has 8 heteroatoms. The molecule has 0 aliphatic rings. The van der Waals surface area contributed by atoms with Crippen LogP contribution in [0, 0.1) is 5.82 Å². The Morgan fingerprint density at radius 1 is 1.25 bits per heavy atom. The predicted molar refractivity (Wildman–Crippen MR) is 49.9 cm³/mol. The van der Waals surface area contributed by atoms with Crippen molar-refractivity contribution in [1.82, 2.24) is 0 Å². The Bertz CT molecular complexity index is 495. The van der Waals surface area contributed by atoms with Gasteiger partial charge >= 0.3 is 6.18 Å². The molecule has 0 aromatic heterocycles. The van der Waals surface area contributed by atoms with Crippen LogP contribution in [-0.2, 0) is 16.2 Å². The van der Waals surface area contributed by atoms with Gasteiger partial charge in [0.1, 0.15) is 5.82 Å². The van der Waals surface area contributed by atoms with Crippen molar-refractivity contribution in [3.8, 4) is 0 Å². The third-order valence-electron chi connectivity index (χ3n) is 1.61. The van der Waals surface area contributed by atoms with Crippen LogP contribution in [0.1, 0.15) is 5.56 Å². The van der Waals surface area contributed by atoms with Gasteiger partial charge in [0.15, 0.2) is 0 Å². The zero-order valence-corrected chi connectivity index (χ0v) is 8.79. The van der Waals surface area contributed by atoms with E-state index in [1.807, 2.05) is 0 Å². The second-order valence-corrected chi connectivity index (χ2v) is 4.78. The number of halogens is 4. The fraction of sp³-hybridized carbons (Fsp3) is 0.250. The molecule has 0 unspecified atom stereocenters.